The summed E-state index contributed by atoms with van der Waals surface area (Å²) in [5.41, 5.74) is 0. The minimum absolute atomic E-state index is 0.147. The van der Waals surface area contributed by atoms with Gasteiger partial charge in [-0.1, -0.05) is 5.92 Å². The third kappa shape index (κ3) is 7.28. The van der Waals surface area contributed by atoms with E-state index < -0.39 is 0 Å². The minimum Gasteiger partial charge on any atom is -0.393 e. The average Bonchev–Trinajstić information content (AvgIpc) is 2.43. The molecule has 0 aromatic carbocycles. The molecule has 1 aliphatic carbocycles. The maximum atomic E-state index is 9.35. The zero-order valence-corrected chi connectivity index (χ0v) is 10.5. The van der Waals surface area contributed by atoms with Crippen LogP contribution in [0, 0.1) is 77.5 Å². The molecule has 1 nitrogen and oxygen atoms in total. The van der Waals surface area contributed by atoms with Crippen LogP contribution in [0.5, 0.6) is 0 Å². The van der Waals surface area contributed by atoms with Crippen LogP contribution in [0.4, 0.5) is 0 Å². The summed E-state index contributed by atoms with van der Waals surface area (Å²) in [5, 5.41) is 9.35. The summed E-state index contributed by atoms with van der Waals surface area (Å²) in [5.74, 6) is 28.5. The van der Waals surface area contributed by atoms with Crippen molar-refractivity contribution in [1.29, 1.82) is 0 Å². The van der Waals surface area contributed by atoms with Crippen molar-refractivity contribution in [3.05, 3.63) is 0 Å². The first kappa shape index (κ1) is 14.4. The fourth-order valence-electron chi connectivity index (χ4n) is 1.61. The highest BCUT2D eigenvalue weighted by Gasteiger charge is 2.16. The highest BCUT2D eigenvalue weighted by Crippen LogP contribution is 2.23. The van der Waals surface area contributed by atoms with Crippen molar-refractivity contribution in [3.63, 3.8) is 0 Å². The molecule has 1 rings (SSSR count). The van der Waals surface area contributed by atoms with Crippen molar-refractivity contribution >= 4 is 0 Å². The van der Waals surface area contributed by atoms with E-state index >= 15 is 0 Å². The summed E-state index contributed by atoms with van der Waals surface area (Å²) >= 11 is 0. The van der Waals surface area contributed by atoms with Gasteiger partial charge in [-0.25, -0.2) is 0 Å². The Morgan fingerprint density at radius 2 is 1.16 bits per heavy atom. The van der Waals surface area contributed by atoms with Crippen LogP contribution in [0.15, 0.2) is 0 Å². The Bertz CT molecular complexity index is 640. The molecule has 1 heteroatoms. The molecular formula is C18H12O. The molecule has 0 spiro atoms. The van der Waals surface area contributed by atoms with Crippen molar-refractivity contribution in [1.82, 2.24) is 0 Å². The van der Waals surface area contributed by atoms with Crippen molar-refractivity contribution in [3.8, 4) is 71.5 Å². The molecule has 0 aliphatic heterocycles. The van der Waals surface area contributed by atoms with Gasteiger partial charge in [0, 0.05) is 5.92 Å². The topological polar surface area (TPSA) is 20.2 Å². The van der Waals surface area contributed by atoms with Crippen LogP contribution in [-0.2, 0) is 0 Å². The van der Waals surface area contributed by atoms with Crippen LogP contribution in [0.3, 0.4) is 0 Å². The number of terminal acetylenes is 1. The molecular weight excluding hydrogens is 232 g/mol. The van der Waals surface area contributed by atoms with E-state index in [1.807, 2.05) is 0 Å². The van der Waals surface area contributed by atoms with Gasteiger partial charge in [-0.05, 0) is 84.9 Å². The molecule has 0 atom stereocenters. The van der Waals surface area contributed by atoms with Gasteiger partial charge in [-0.3, -0.25) is 0 Å². The SMILES string of the molecule is C#CC#CC#CC#CC#CC#CC1CCC(O)CC1. The first-order valence-corrected chi connectivity index (χ1v) is 5.97. The number of hydrogen-bond acceptors (Lipinski definition) is 1. The van der Waals surface area contributed by atoms with Gasteiger partial charge in [0.25, 0.3) is 0 Å². The first-order chi connectivity index (χ1) is 9.33. The summed E-state index contributed by atoms with van der Waals surface area (Å²) < 4.78 is 0. The Balaban J connectivity index is 2.38. The number of aliphatic hydroxyl groups excluding tert-OH is 1. The van der Waals surface area contributed by atoms with Crippen LogP contribution >= 0.6 is 0 Å². The second-order valence-corrected chi connectivity index (χ2v) is 3.92. The monoisotopic (exact) mass is 244 g/mol. The lowest BCUT2D eigenvalue weighted by atomic mass is 9.88. The maximum Gasteiger partial charge on any atom is 0.0541 e. The predicted octanol–water partition coefficient (Wildman–Crippen LogP) is 1.19. The van der Waals surface area contributed by atoms with Crippen molar-refractivity contribution in [2.75, 3.05) is 0 Å². The largest absolute Gasteiger partial charge is 0.393 e. The zero-order valence-electron chi connectivity index (χ0n) is 10.5. The van der Waals surface area contributed by atoms with E-state index in [1.165, 1.54) is 0 Å². The van der Waals surface area contributed by atoms with E-state index in [-0.39, 0.29) is 6.10 Å². The Morgan fingerprint density at radius 1 is 0.684 bits per heavy atom. The Hall–Kier alpha value is -2.68. The molecule has 1 aliphatic rings. The fraction of sp³-hybridized carbons (Fsp3) is 0.333. The molecule has 1 N–H and O–H groups in total. The number of rotatable bonds is 0. The molecule has 0 bridgehead atoms. The Kier molecular flexibility index (Phi) is 7.08. The molecule has 0 aromatic heterocycles. The summed E-state index contributed by atoms with van der Waals surface area (Å²) in [6.45, 7) is 0. The summed E-state index contributed by atoms with van der Waals surface area (Å²) in [4.78, 5) is 0. The highest BCUT2D eigenvalue weighted by atomic mass is 16.3. The van der Waals surface area contributed by atoms with Gasteiger partial charge in [-0.15, -0.1) is 6.42 Å². The van der Waals surface area contributed by atoms with Crippen LogP contribution in [0.25, 0.3) is 0 Å². The van der Waals surface area contributed by atoms with Gasteiger partial charge in [0.1, 0.15) is 0 Å². The molecule has 0 heterocycles. The Labute approximate surface area is 115 Å². The van der Waals surface area contributed by atoms with Gasteiger partial charge < -0.3 is 5.11 Å². The van der Waals surface area contributed by atoms with E-state index in [9.17, 15) is 5.11 Å². The van der Waals surface area contributed by atoms with E-state index in [1.54, 1.807) is 0 Å². The van der Waals surface area contributed by atoms with Crippen LogP contribution in [0.1, 0.15) is 25.7 Å². The number of aliphatic hydroxyl groups is 1. The van der Waals surface area contributed by atoms with Gasteiger partial charge >= 0.3 is 0 Å². The lowest BCUT2D eigenvalue weighted by Crippen LogP contribution is -2.16. The lowest BCUT2D eigenvalue weighted by Gasteiger charge is -2.20. The summed E-state index contributed by atoms with van der Waals surface area (Å²) in [7, 11) is 0. The van der Waals surface area contributed by atoms with E-state index in [2.05, 4.69) is 65.1 Å². The van der Waals surface area contributed by atoms with Crippen molar-refractivity contribution in [2.24, 2.45) is 5.92 Å². The quantitative estimate of drug-likeness (QED) is 0.635. The summed E-state index contributed by atoms with van der Waals surface area (Å²) in [6, 6.07) is 0. The molecule has 1 saturated carbocycles. The van der Waals surface area contributed by atoms with Gasteiger partial charge in [0.15, 0.2) is 0 Å². The summed E-state index contributed by atoms with van der Waals surface area (Å²) in [6.07, 6.45) is 8.33. The zero-order chi connectivity index (χ0) is 13.8. The predicted molar refractivity (Wildman–Crippen MR) is 75.7 cm³/mol. The van der Waals surface area contributed by atoms with Crippen molar-refractivity contribution < 1.29 is 5.11 Å². The molecule has 0 amide bonds. The Morgan fingerprint density at radius 3 is 1.68 bits per heavy atom. The molecule has 0 radical (unpaired) electrons. The molecule has 90 valence electrons. The van der Waals surface area contributed by atoms with Crippen LogP contribution < -0.4 is 0 Å². The highest BCUT2D eigenvalue weighted by molar-refractivity contribution is 5.43. The van der Waals surface area contributed by atoms with E-state index in [0.717, 1.165) is 25.7 Å². The molecule has 0 saturated heterocycles. The van der Waals surface area contributed by atoms with Gasteiger partial charge in [-0.2, -0.15) is 0 Å². The second kappa shape index (κ2) is 9.36. The van der Waals surface area contributed by atoms with Crippen LogP contribution in [0.2, 0.25) is 0 Å². The van der Waals surface area contributed by atoms with Gasteiger partial charge in [0.2, 0.25) is 0 Å². The standard InChI is InChI=1S/C18H12O/c1-2-3-4-5-6-7-8-9-10-11-12-17-13-15-18(19)16-14-17/h1,17-19H,13-16H2. The third-order valence-electron chi connectivity index (χ3n) is 2.55. The minimum atomic E-state index is -0.147. The normalized spacial score (nSPS) is 18.9. The van der Waals surface area contributed by atoms with E-state index in [0.29, 0.717) is 5.92 Å². The fourth-order valence-corrected chi connectivity index (χ4v) is 1.61. The lowest BCUT2D eigenvalue weighted by molar-refractivity contribution is 0.119. The average molecular weight is 244 g/mol. The molecule has 19 heavy (non-hydrogen) atoms. The van der Waals surface area contributed by atoms with Crippen molar-refractivity contribution in [2.45, 2.75) is 31.8 Å². The maximum absolute atomic E-state index is 9.35. The van der Waals surface area contributed by atoms with Crippen LogP contribution in [-0.4, -0.2) is 11.2 Å². The van der Waals surface area contributed by atoms with E-state index in [4.69, 9.17) is 6.42 Å². The third-order valence-corrected chi connectivity index (χ3v) is 2.55. The molecule has 0 unspecified atom stereocenters. The second-order valence-electron chi connectivity index (χ2n) is 3.92. The molecule has 1 fully saturated rings. The first-order valence-electron chi connectivity index (χ1n) is 5.97. The van der Waals surface area contributed by atoms with Gasteiger partial charge in [0.05, 0.1) is 6.10 Å². The molecule has 0 aromatic rings. The smallest absolute Gasteiger partial charge is 0.0541 e. The number of hydrogen-bond donors (Lipinski definition) is 1.